The molecule has 8 heterocycles. The van der Waals surface area contributed by atoms with Crippen LogP contribution in [0.4, 0.5) is 46.5 Å². The van der Waals surface area contributed by atoms with Crippen molar-refractivity contribution in [1.29, 1.82) is 15.8 Å². The maximum atomic E-state index is 8.85. The SMILES string of the molecule is Cc1c(NCCNc2ccc(C#N)cn2)nc(-c2ccc(Cl)cc2Cl)nc1C1CC1.Cc1nc(-c2ccc(Cl)cc2Cl)nc(NCCCNc2ccc(C#N)cn2)c1C.Clc1ccc(-c2nc(NCCCNc3ccn[nH]3)cc(C3CC3)n2)c(Cl)c1.N#Cc1ccc(NCCCNc2cc(C3CC3)nc(-c3ccc(Cl)cc3Cl)n2)nc1. The molecule has 0 bridgehead atoms. The summed E-state index contributed by atoms with van der Waals surface area (Å²) in [7, 11) is 0. The maximum absolute atomic E-state index is 8.85. The van der Waals surface area contributed by atoms with Gasteiger partial charge in [0.15, 0.2) is 23.3 Å². The van der Waals surface area contributed by atoms with Gasteiger partial charge >= 0.3 is 0 Å². The first-order valence-electron chi connectivity index (χ1n) is 37.7. The van der Waals surface area contributed by atoms with Gasteiger partial charge in [0.2, 0.25) is 0 Å². The van der Waals surface area contributed by atoms with Crippen molar-refractivity contribution in [2.24, 2.45) is 0 Å². The van der Waals surface area contributed by atoms with Gasteiger partial charge in [0.1, 0.15) is 64.8 Å². The zero-order valence-corrected chi connectivity index (χ0v) is 69.5. The number of rotatable bonds is 30. The van der Waals surface area contributed by atoms with E-state index in [4.69, 9.17) is 129 Å². The number of anilines is 8. The topological polar surface area (TPSA) is 338 Å². The second-order valence-electron chi connectivity index (χ2n) is 27.4. The van der Waals surface area contributed by atoms with Crippen LogP contribution < -0.4 is 42.5 Å². The lowest BCUT2D eigenvalue weighted by atomic mass is 10.1. The van der Waals surface area contributed by atoms with Gasteiger partial charge in [-0.05, 0) is 194 Å². The molecule has 9 N–H and O–H groups in total. The second-order valence-corrected chi connectivity index (χ2v) is 30.8. The molecule has 8 aromatic heterocycles. The summed E-state index contributed by atoms with van der Waals surface area (Å²) in [5.41, 5.74) is 10.9. The quantitative estimate of drug-likeness (QED) is 0.0189. The summed E-state index contributed by atoms with van der Waals surface area (Å²) in [4.78, 5) is 50.2. The number of pyridine rings is 3. The number of benzene rings is 4. The summed E-state index contributed by atoms with van der Waals surface area (Å²) in [5, 5.41) is 64.3. The number of hydrogen-bond donors (Lipinski definition) is 9. The zero-order valence-electron chi connectivity index (χ0n) is 63.4. The molecule has 0 unspecified atom stereocenters. The highest BCUT2D eigenvalue weighted by Gasteiger charge is 2.31. The van der Waals surface area contributed by atoms with E-state index in [2.05, 4.69) is 113 Å². The van der Waals surface area contributed by atoms with Gasteiger partial charge in [-0.15, -0.1) is 0 Å². The molecular weight excluding hydrogens is 1630 g/mol. The Bertz CT molecular complexity index is 5480. The second kappa shape index (κ2) is 41.6. The molecule has 0 aliphatic heterocycles. The number of hydrogen-bond acceptors (Lipinski definition) is 23. The average molecular weight is 1710 g/mol. The van der Waals surface area contributed by atoms with Gasteiger partial charge in [-0.1, -0.05) is 92.8 Å². The first kappa shape index (κ1) is 84.4. The standard InChI is InChI=1S/2C22H20Cl2N6.C21H20Cl2N6.C19H20Cl2N6/c1-13-20(15-3-4-15)29-22(17-6-5-16(23)10-18(17)24)30-21(13)27-9-8-26-19-7-2-14(11-25)12-28-19;23-16-5-6-17(18(24)10-16)22-29-19(15-3-4-15)11-21(30-22)27-9-1-8-26-20-7-2-14(12-25)13-28-20;1-13-14(2)28-21(17-6-5-16(22)10-18(17)23)29-20(13)26-9-3-8-25-19-7-4-15(11-24)12-27-19;20-13-4-5-14(15(21)10-13)19-25-16(12-2-3-12)11-18(26-19)23-8-1-7-22-17-6-9-24-27-17/h2,5-7,10,12,15H,3-4,8-9H2,1H3,(H,26,28)(H,27,29,30);2,5-7,10-11,13,15H,1,3-4,8-9H2,(H,26,28)(H,27,29,30);4-7,10,12H,3,8-9H2,1-2H3,(H,25,27)(H,26,28,29);4-6,9-12H,1-3,7-8H2,(H2,22,24,27)(H,23,25,26). The molecule has 3 saturated carbocycles. The molecule has 0 saturated heterocycles. The van der Waals surface area contributed by atoms with Crippen LogP contribution in [0.1, 0.15) is 126 Å². The highest BCUT2D eigenvalue weighted by atomic mass is 35.5. The lowest BCUT2D eigenvalue weighted by Gasteiger charge is -2.15. The highest BCUT2D eigenvalue weighted by Crippen LogP contribution is 2.45. The Morgan fingerprint density at radius 2 is 0.707 bits per heavy atom. The Hall–Kier alpha value is -11.0. The maximum Gasteiger partial charge on any atom is 0.163 e. The van der Waals surface area contributed by atoms with Gasteiger partial charge in [-0.25, -0.2) is 54.8 Å². The molecular formula is C84H80Cl8N24. The molecule has 24 nitrogen and oxygen atoms in total. The molecule has 15 rings (SSSR count). The minimum absolute atomic E-state index is 0.486. The van der Waals surface area contributed by atoms with Crippen LogP contribution in [-0.2, 0) is 0 Å². The van der Waals surface area contributed by atoms with Crippen molar-refractivity contribution >= 4 is 139 Å². The zero-order chi connectivity index (χ0) is 81.5. The van der Waals surface area contributed by atoms with Gasteiger partial charge in [-0.2, -0.15) is 20.9 Å². The van der Waals surface area contributed by atoms with Gasteiger partial charge in [0.25, 0.3) is 0 Å². The van der Waals surface area contributed by atoms with E-state index in [0.29, 0.717) is 111 Å². The fourth-order valence-electron chi connectivity index (χ4n) is 11.7. The Balaban J connectivity index is 0.000000143. The van der Waals surface area contributed by atoms with Gasteiger partial charge in [0.05, 0.1) is 48.7 Å². The normalized spacial score (nSPS) is 12.5. The summed E-state index contributed by atoms with van der Waals surface area (Å²) in [6.45, 7) is 11.9. The number of nitrogens with zero attached hydrogens (tertiary/aromatic N) is 15. The summed E-state index contributed by atoms with van der Waals surface area (Å²) < 4.78 is 0. The van der Waals surface area contributed by atoms with Crippen molar-refractivity contribution in [2.45, 2.75) is 96.3 Å². The third kappa shape index (κ3) is 24.8. The van der Waals surface area contributed by atoms with Gasteiger partial charge in [-0.3, -0.25) is 5.10 Å². The monoisotopic (exact) mass is 1700 g/mol. The third-order valence-corrected chi connectivity index (χ3v) is 20.7. The molecule has 4 aromatic carbocycles. The van der Waals surface area contributed by atoms with Crippen LogP contribution in [0, 0.1) is 54.8 Å². The molecule has 0 spiro atoms. The van der Waals surface area contributed by atoms with Crippen LogP contribution in [0.25, 0.3) is 45.6 Å². The van der Waals surface area contributed by atoms with E-state index >= 15 is 0 Å². The van der Waals surface area contributed by atoms with Crippen molar-refractivity contribution in [3.05, 3.63) is 243 Å². The van der Waals surface area contributed by atoms with E-state index in [1.165, 1.54) is 12.8 Å². The van der Waals surface area contributed by atoms with Gasteiger partial charge < -0.3 is 42.5 Å². The molecule has 116 heavy (non-hydrogen) atoms. The van der Waals surface area contributed by atoms with Crippen molar-refractivity contribution in [3.8, 4) is 63.8 Å². The smallest absolute Gasteiger partial charge is 0.163 e. The van der Waals surface area contributed by atoms with Crippen molar-refractivity contribution < 1.29 is 0 Å². The Morgan fingerprint density at radius 3 is 1.08 bits per heavy atom. The minimum atomic E-state index is 0.486. The molecule has 12 aromatic rings. The molecule has 0 radical (unpaired) electrons. The predicted octanol–water partition coefficient (Wildman–Crippen LogP) is 21.1. The molecule has 0 amide bonds. The van der Waals surface area contributed by atoms with Crippen LogP contribution in [0.3, 0.4) is 0 Å². The van der Waals surface area contributed by atoms with E-state index in [1.807, 2.05) is 62.4 Å². The first-order valence-corrected chi connectivity index (χ1v) is 40.7. The van der Waals surface area contributed by atoms with E-state index in [-0.39, 0.29) is 0 Å². The highest BCUT2D eigenvalue weighted by molar-refractivity contribution is 6.38. The summed E-state index contributed by atoms with van der Waals surface area (Å²) >= 11 is 49.5. The molecule has 592 valence electrons. The van der Waals surface area contributed by atoms with E-state index < -0.39 is 0 Å². The summed E-state index contributed by atoms with van der Waals surface area (Å²) in [6, 6.07) is 44.2. The van der Waals surface area contributed by atoms with Crippen LogP contribution in [0.15, 0.2) is 152 Å². The Morgan fingerprint density at radius 1 is 0.353 bits per heavy atom. The van der Waals surface area contributed by atoms with Gasteiger partial charge in [0, 0.05) is 171 Å². The van der Waals surface area contributed by atoms with Crippen LogP contribution >= 0.6 is 92.8 Å². The fraction of sp³-hybridized carbons (Fsp3) is 0.274. The number of nitriles is 3. The number of nitrogens with one attached hydrogen (secondary N) is 9. The first-order chi connectivity index (χ1) is 56.3. The molecule has 3 fully saturated rings. The number of aryl methyl sites for hydroxylation is 1. The van der Waals surface area contributed by atoms with E-state index in [9.17, 15) is 0 Å². The average Bonchev–Trinajstić information content (AvgIpc) is 1.58. The molecule has 32 heteroatoms. The van der Waals surface area contributed by atoms with Crippen molar-refractivity contribution in [3.63, 3.8) is 0 Å². The van der Waals surface area contributed by atoms with Crippen LogP contribution in [0.2, 0.25) is 40.2 Å². The number of aromatic amines is 1. The van der Waals surface area contributed by atoms with Crippen molar-refractivity contribution in [1.82, 2.24) is 65.0 Å². The molecule has 3 aliphatic carbocycles. The van der Waals surface area contributed by atoms with Crippen LogP contribution in [-0.4, -0.2) is 117 Å². The van der Waals surface area contributed by atoms with Crippen LogP contribution in [0.5, 0.6) is 0 Å². The van der Waals surface area contributed by atoms with Crippen molar-refractivity contribution in [2.75, 3.05) is 94.9 Å². The lowest BCUT2D eigenvalue weighted by Crippen LogP contribution is -2.16. The Kier molecular flexibility index (Phi) is 30.3. The Labute approximate surface area is 712 Å². The largest absolute Gasteiger partial charge is 0.370 e. The minimum Gasteiger partial charge on any atom is -0.370 e. The number of H-pyrrole nitrogens is 1. The third-order valence-electron chi connectivity index (χ3n) is 18.5. The molecule has 0 atom stereocenters. The summed E-state index contributed by atoms with van der Waals surface area (Å²) in [6.07, 6.45) is 16.0. The summed E-state index contributed by atoms with van der Waals surface area (Å²) in [5.74, 6) is 10.3. The number of halogens is 8. The predicted molar refractivity (Wildman–Crippen MR) is 467 cm³/mol. The fourth-order valence-corrected chi connectivity index (χ4v) is 13.7. The molecule has 3 aliphatic rings. The number of aromatic nitrogens is 13. The lowest BCUT2D eigenvalue weighted by molar-refractivity contribution is 0.891. The van der Waals surface area contributed by atoms with E-state index in [1.54, 1.807) is 104 Å². The van der Waals surface area contributed by atoms with E-state index in [0.717, 1.165) is 187 Å².